The van der Waals surface area contributed by atoms with Gasteiger partial charge >= 0.3 is 0 Å². The van der Waals surface area contributed by atoms with E-state index in [1.807, 2.05) is 12.1 Å². The van der Waals surface area contributed by atoms with Gasteiger partial charge in [0.2, 0.25) is 0 Å². The lowest BCUT2D eigenvalue weighted by Crippen LogP contribution is -2.47. The van der Waals surface area contributed by atoms with Gasteiger partial charge in [0.15, 0.2) is 0 Å². The summed E-state index contributed by atoms with van der Waals surface area (Å²) >= 11 is 0. The van der Waals surface area contributed by atoms with Gasteiger partial charge in [-0.1, -0.05) is 12.1 Å². The summed E-state index contributed by atoms with van der Waals surface area (Å²) in [4.78, 5) is 12.3. The van der Waals surface area contributed by atoms with E-state index in [0.717, 1.165) is 23.4 Å². The van der Waals surface area contributed by atoms with Crippen molar-refractivity contribution in [1.29, 1.82) is 0 Å². The quantitative estimate of drug-likeness (QED) is 0.727. The number of benzene rings is 2. The highest BCUT2D eigenvalue weighted by Gasteiger charge is 2.50. The lowest BCUT2D eigenvalue weighted by Gasteiger charge is -2.57. The van der Waals surface area contributed by atoms with Gasteiger partial charge in [0.25, 0.3) is 5.91 Å². The summed E-state index contributed by atoms with van der Waals surface area (Å²) < 4.78 is 13.0. The van der Waals surface area contributed by atoms with Crippen LogP contribution in [0.1, 0.15) is 54.4 Å². The second-order valence-corrected chi connectivity index (χ2v) is 9.25. The van der Waals surface area contributed by atoms with Crippen LogP contribution in [0.3, 0.4) is 0 Å². The first kappa shape index (κ1) is 17.0. The molecule has 2 nitrogen and oxygen atoms in total. The van der Waals surface area contributed by atoms with Gasteiger partial charge in [0.1, 0.15) is 5.82 Å². The standard InChI is InChI=1S/C24H26FNO/c25-21-5-3-20(4-6-21)23(27)26-22-7-1-16(2-8-22)12-24-13-17-9-18(14-24)11-19(10-17)15-24/h1-8,17-19H,9-15H2,(H,26,27). The van der Waals surface area contributed by atoms with Gasteiger partial charge in [-0.25, -0.2) is 4.39 Å². The second-order valence-electron chi connectivity index (χ2n) is 9.25. The van der Waals surface area contributed by atoms with Crippen LogP contribution >= 0.6 is 0 Å². The summed E-state index contributed by atoms with van der Waals surface area (Å²) in [6, 6.07) is 14.0. The lowest BCUT2D eigenvalue weighted by atomic mass is 9.48. The molecule has 0 radical (unpaired) electrons. The SMILES string of the molecule is O=C(Nc1ccc(CC23CC4CC(CC(C4)C2)C3)cc1)c1ccc(F)cc1. The number of rotatable bonds is 4. The Labute approximate surface area is 160 Å². The van der Waals surface area contributed by atoms with Crippen LogP contribution in [-0.4, -0.2) is 5.91 Å². The summed E-state index contributed by atoms with van der Waals surface area (Å²) in [5, 5.41) is 2.90. The molecule has 4 aliphatic carbocycles. The molecule has 0 heterocycles. The summed E-state index contributed by atoms with van der Waals surface area (Å²) in [6.07, 6.45) is 9.88. The Kier molecular flexibility index (Phi) is 4.07. The molecular weight excluding hydrogens is 337 g/mol. The maximum Gasteiger partial charge on any atom is 0.255 e. The normalized spacial score (nSPS) is 31.1. The Balaban J connectivity index is 1.25. The minimum atomic E-state index is -0.333. The maximum atomic E-state index is 13.0. The van der Waals surface area contributed by atoms with Crippen LogP contribution in [0.5, 0.6) is 0 Å². The molecule has 3 heteroatoms. The van der Waals surface area contributed by atoms with Gasteiger partial charge in [0.05, 0.1) is 0 Å². The van der Waals surface area contributed by atoms with Crippen LogP contribution in [0.15, 0.2) is 48.5 Å². The monoisotopic (exact) mass is 363 g/mol. The smallest absolute Gasteiger partial charge is 0.255 e. The maximum absolute atomic E-state index is 13.0. The topological polar surface area (TPSA) is 29.1 Å². The van der Waals surface area contributed by atoms with E-state index in [9.17, 15) is 9.18 Å². The summed E-state index contributed by atoms with van der Waals surface area (Å²) in [7, 11) is 0. The first-order chi connectivity index (χ1) is 13.1. The second kappa shape index (κ2) is 6.47. The number of nitrogens with one attached hydrogen (secondary N) is 1. The number of amides is 1. The van der Waals surface area contributed by atoms with E-state index < -0.39 is 0 Å². The molecule has 4 bridgehead atoms. The van der Waals surface area contributed by atoms with Crippen LogP contribution in [-0.2, 0) is 6.42 Å². The third kappa shape index (κ3) is 3.40. The van der Waals surface area contributed by atoms with E-state index in [-0.39, 0.29) is 11.7 Å². The summed E-state index contributed by atoms with van der Waals surface area (Å²) in [5.74, 6) is 2.39. The van der Waals surface area contributed by atoms with Gasteiger partial charge < -0.3 is 5.32 Å². The van der Waals surface area contributed by atoms with E-state index >= 15 is 0 Å². The summed E-state index contributed by atoms with van der Waals surface area (Å²) in [6.45, 7) is 0. The fourth-order valence-corrected chi connectivity index (χ4v) is 6.45. The molecule has 6 rings (SSSR count). The zero-order chi connectivity index (χ0) is 18.4. The number of carbonyl (C=O) groups is 1. The predicted molar refractivity (Wildman–Crippen MR) is 105 cm³/mol. The number of anilines is 1. The largest absolute Gasteiger partial charge is 0.322 e. The molecule has 0 aromatic heterocycles. The van der Waals surface area contributed by atoms with Crippen molar-refractivity contribution in [3.05, 3.63) is 65.5 Å². The molecule has 0 aliphatic heterocycles. The Morgan fingerprint density at radius 2 is 1.44 bits per heavy atom. The molecule has 140 valence electrons. The van der Waals surface area contributed by atoms with Gasteiger partial charge in [0, 0.05) is 11.3 Å². The van der Waals surface area contributed by atoms with E-state index in [2.05, 4.69) is 17.4 Å². The molecular formula is C24H26FNO. The highest BCUT2D eigenvalue weighted by Crippen LogP contribution is 2.61. The van der Waals surface area contributed by atoms with E-state index in [1.165, 1.54) is 74.8 Å². The van der Waals surface area contributed by atoms with Crippen molar-refractivity contribution in [3.63, 3.8) is 0 Å². The molecule has 4 fully saturated rings. The average Bonchev–Trinajstić information content (AvgIpc) is 2.62. The minimum Gasteiger partial charge on any atom is -0.322 e. The van der Waals surface area contributed by atoms with Crippen molar-refractivity contribution in [2.75, 3.05) is 5.32 Å². The van der Waals surface area contributed by atoms with Crippen LogP contribution in [0.4, 0.5) is 10.1 Å². The predicted octanol–water partition coefficient (Wildman–Crippen LogP) is 5.84. The van der Waals surface area contributed by atoms with Crippen molar-refractivity contribution >= 4 is 11.6 Å². The molecule has 2 aromatic carbocycles. The van der Waals surface area contributed by atoms with Crippen LogP contribution < -0.4 is 5.32 Å². The van der Waals surface area contributed by atoms with Gasteiger partial charge in [-0.05, 0) is 110 Å². The molecule has 4 aliphatic rings. The zero-order valence-corrected chi connectivity index (χ0v) is 15.6. The molecule has 0 saturated heterocycles. The lowest BCUT2D eigenvalue weighted by molar-refractivity contribution is -0.0521. The Bertz CT molecular complexity index is 804. The number of hydrogen-bond donors (Lipinski definition) is 1. The molecule has 0 unspecified atom stereocenters. The Morgan fingerprint density at radius 1 is 0.889 bits per heavy atom. The van der Waals surface area contributed by atoms with Crippen molar-refractivity contribution in [2.45, 2.75) is 44.9 Å². The van der Waals surface area contributed by atoms with Crippen molar-refractivity contribution in [2.24, 2.45) is 23.2 Å². The fourth-order valence-electron chi connectivity index (χ4n) is 6.45. The first-order valence-corrected chi connectivity index (χ1v) is 10.2. The van der Waals surface area contributed by atoms with Crippen molar-refractivity contribution in [1.82, 2.24) is 0 Å². The third-order valence-corrected chi connectivity index (χ3v) is 7.06. The highest BCUT2D eigenvalue weighted by molar-refractivity contribution is 6.04. The Morgan fingerprint density at radius 3 is 2.00 bits per heavy atom. The molecule has 4 saturated carbocycles. The molecule has 0 atom stereocenters. The Hall–Kier alpha value is -2.16. The third-order valence-electron chi connectivity index (χ3n) is 7.06. The van der Waals surface area contributed by atoms with Gasteiger partial charge in [-0.2, -0.15) is 0 Å². The van der Waals surface area contributed by atoms with Gasteiger partial charge in [-0.3, -0.25) is 4.79 Å². The average molecular weight is 363 g/mol. The van der Waals surface area contributed by atoms with Gasteiger partial charge in [-0.15, -0.1) is 0 Å². The molecule has 1 amide bonds. The van der Waals surface area contributed by atoms with Crippen LogP contribution in [0, 0.1) is 29.0 Å². The van der Waals surface area contributed by atoms with Crippen molar-refractivity contribution in [3.8, 4) is 0 Å². The van der Waals surface area contributed by atoms with E-state index in [1.54, 1.807) is 0 Å². The number of hydrogen-bond acceptors (Lipinski definition) is 1. The van der Waals surface area contributed by atoms with E-state index in [0.29, 0.717) is 11.0 Å². The number of halogens is 1. The number of carbonyl (C=O) groups excluding carboxylic acids is 1. The van der Waals surface area contributed by atoms with Crippen LogP contribution in [0.25, 0.3) is 0 Å². The van der Waals surface area contributed by atoms with E-state index in [4.69, 9.17) is 0 Å². The fraction of sp³-hybridized carbons (Fsp3) is 0.458. The zero-order valence-electron chi connectivity index (χ0n) is 15.6. The van der Waals surface area contributed by atoms with Crippen molar-refractivity contribution < 1.29 is 9.18 Å². The molecule has 1 N–H and O–H groups in total. The minimum absolute atomic E-state index is 0.205. The first-order valence-electron chi connectivity index (χ1n) is 10.2. The summed E-state index contributed by atoms with van der Waals surface area (Å²) in [5.41, 5.74) is 3.18. The molecule has 27 heavy (non-hydrogen) atoms. The molecule has 2 aromatic rings. The van der Waals surface area contributed by atoms with Crippen LogP contribution in [0.2, 0.25) is 0 Å². The molecule has 0 spiro atoms. The highest BCUT2D eigenvalue weighted by atomic mass is 19.1.